The van der Waals surface area contributed by atoms with Crippen molar-refractivity contribution >= 4 is 11.8 Å². The van der Waals surface area contributed by atoms with E-state index in [-0.39, 0.29) is 18.8 Å². The second-order valence-corrected chi connectivity index (χ2v) is 5.86. The number of nitrogen functional groups attached to an aromatic ring is 1. The Bertz CT molecular complexity index is 746. The molecule has 0 bridgehead atoms. The molecule has 5 atom stereocenters. The number of ether oxygens (including phenoxy) is 1. The van der Waals surface area contributed by atoms with Crippen LogP contribution in [0.2, 0.25) is 0 Å². The molecule has 2 unspecified atom stereocenters. The van der Waals surface area contributed by atoms with Crippen molar-refractivity contribution in [1.82, 2.24) is 9.55 Å². The number of aliphatic hydroxyl groups excluding tert-OH is 3. The summed E-state index contributed by atoms with van der Waals surface area (Å²) < 4.78 is 5.79. The molecule has 1 heterocycles. The Labute approximate surface area is 142 Å². The Morgan fingerprint density at radius 1 is 1.60 bits per heavy atom. The maximum absolute atomic E-state index is 12.0. The van der Waals surface area contributed by atoms with Crippen LogP contribution in [-0.4, -0.2) is 62.3 Å². The lowest BCUT2D eigenvalue weighted by Gasteiger charge is -2.27. The summed E-state index contributed by atoms with van der Waals surface area (Å²) >= 11 is 0. The smallest absolute Gasteiger partial charge is 0.350 e. The molecule has 0 spiro atoms. The third kappa shape index (κ3) is 3.33. The van der Waals surface area contributed by atoms with E-state index in [4.69, 9.17) is 21.3 Å². The van der Waals surface area contributed by atoms with Gasteiger partial charge in [-0.2, -0.15) is 10.2 Å². The zero-order valence-electron chi connectivity index (χ0n) is 13.1. The summed E-state index contributed by atoms with van der Waals surface area (Å²) in [6.45, 7) is -0.950. The van der Waals surface area contributed by atoms with Gasteiger partial charge in [0.1, 0.15) is 18.0 Å². The molecule has 0 amide bonds. The molecule has 1 aliphatic carbocycles. The fraction of sp³-hybridized carbons (Fsp3) is 0.571. The van der Waals surface area contributed by atoms with Gasteiger partial charge in [0.25, 0.3) is 0 Å². The van der Waals surface area contributed by atoms with Gasteiger partial charge in [0.2, 0.25) is 0 Å². The van der Waals surface area contributed by atoms with Gasteiger partial charge in [-0.3, -0.25) is 9.36 Å². The zero-order valence-corrected chi connectivity index (χ0v) is 13.1. The molecular formula is C14H19N5O6. The minimum atomic E-state index is -1.78. The minimum absolute atomic E-state index is 0.0501. The standard InChI is InChI=1S/C14H19N5O6/c15-6-14(19-2-1-9(17)18-13(19)24)3-7(10(21)11(14)22)5-25-12(23)8(16)4-20/h1-2,7-8,10-11,20-22H,3-5,16H2,(H2,17,18,24)/t7-,8-,10?,11?,14+/m1/s1. The summed E-state index contributed by atoms with van der Waals surface area (Å²) in [6.07, 6.45) is -2.00. The van der Waals surface area contributed by atoms with E-state index >= 15 is 0 Å². The summed E-state index contributed by atoms with van der Waals surface area (Å²) in [5.74, 6) is -1.76. The van der Waals surface area contributed by atoms with Crippen LogP contribution >= 0.6 is 0 Å². The van der Waals surface area contributed by atoms with E-state index in [9.17, 15) is 25.1 Å². The van der Waals surface area contributed by atoms with E-state index in [2.05, 4.69) is 4.98 Å². The number of hydrogen-bond donors (Lipinski definition) is 5. The third-order valence-corrected chi connectivity index (χ3v) is 4.26. The van der Waals surface area contributed by atoms with Gasteiger partial charge in [0, 0.05) is 12.1 Å². The second kappa shape index (κ2) is 7.16. The van der Waals surface area contributed by atoms with Crippen LogP contribution < -0.4 is 17.2 Å². The molecule has 1 aromatic heterocycles. The first-order chi connectivity index (χ1) is 11.8. The number of anilines is 1. The van der Waals surface area contributed by atoms with Gasteiger partial charge in [-0.05, 0) is 12.5 Å². The number of nitriles is 1. The van der Waals surface area contributed by atoms with Crippen LogP contribution in [-0.2, 0) is 15.1 Å². The van der Waals surface area contributed by atoms with Gasteiger partial charge >= 0.3 is 11.7 Å². The monoisotopic (exact) mass is 353 g/mol. The molecule has 2 rings (SSSR count). The minimum Gasteiger partial charge on any atom is -0.464 e. The fourth-order valence-corrected chi connectivity index (χ4v) is 2.84. The van der Waals surface area contributed by atoms with Crippen molar-refractivity contribution in [3.63, 3.8) is 0 Å². The van der Waals surface area contributed by atoms with Crippen LogP contribution in [0.25, 0.3) is 0 Å². The van der Waals surface area contributed by atoms with Gasteiger partial charge in [0.05, 0.1) is 25.4 Å². The van der Waals surface area contributed by atoms with E-state index in [1.165, 1.54) is 12.3 Å². The van der Waals surface area contributed by atoms with Gasteiger partial charge in [-0.25, -0.2) is 4.79 Å². The van der Waals surface area contributed by atoms with Crippen molar-refractivity contribution in [3.8, 4) is 6.07 Å². The van der Waals surface area contributed by atoms with Gasteiger partial charge in [-0.1, -0.05) is 0 Å². The normalized spacial score (nSPS) is 29.8. The predicted molar refractivity (Wildman–Crippen MR) is 82.6 cm³/mol. The quantitative estimate of drug-likeness (QED) is 0.333. The van der Waals surface area contributed by atoms with E-state index in [0.29, 0.717) is 0 Å². The summed E-state index contributed by atoms with van der Waals surface area (Å²) in [6, 6.07) is 1.91. The Morgan fingerprint density at radius 2 is 2.28 bits per heavy atom. The van der Waals surface area contributed by atoms with Gasteiger partial charge < -0.3 is 31.5 Å². The Hall–Kier alpha value is -2.52. The van der Waals surface area contributed by atoms with Crippen LogP contribution in [0.15, 0.2) is 17.1 Å². The Kier molecular flexibility index (Phi) is 5.39. The second-order valence-electron chi connectivity index (χ2n) is 5.86. The molecular weight excluding hydrogens is 334 g/mol. The summed E-state index contributed by atoms with van der Waals surface area (Å²) in [5.41, 5.74) is 8.09. The number of nitrogens with two attached hydrogens (primary N) is 2. The number of esters is 1. The number of aliphatic hydroxyl groups is 3. The first-order valence-electron chi connectivity index (χ1n) is 7.43. The average Bonchev–Trinajstić information content (AvgIpc) is 2.84. The van der Waals surface area contributed by atoms with Gasteiger partial charge in [0.15, 0.2) is 5.54 Å². The van der Waals surface area contributed by atoms with Crippen LogP contribution in [0.3, 0.4) is 0 Å². The molecule has 1 aliphatic rings. The number of nitrogens with zero attached hydrogens (tertiary/aromatic N) is 3. The summed E-state index contributed by atoms with van der Waals surface area (Å²) in [5, 5.41) is 38.9. The molecule has 0 aromatic carbocycles. The molecule has 0 radical (unpaired) electrons. The van der Waals surface area contributed by atoms with Crippen LogP contribution in [0, 0.1) is 17.2 Å². The zero-order chi connectivity index (χ0) is 18.8. The van der Waals surface area contributed by atoms with Crippen LogP contribution in [0.1, 0.15) is 6.42 Å². The average molecular weight is 353 g/mol. The van der Waals surface area contributed by atoms with Crippen LogP contribution in [0.5, 0.6) is 0 Å². The highest BCUT2D eigenvalue weighted by Crippen LogP contribution is 2.40. The topological polar surface area (TPSA) is 198 Å². The highest BCUT2D eigenvalue weighted by molar-refractivity contribution is 5.75. The fourth-order valence-electron chi connectivity index (χ4n) is 2.84. The molecule has 0 saturated heterocycles. The molecule has 25 heavy (non-hydrogen) atoms. The van der Waals surface area contributed by atoms with E-state index < -0.39 is 48.0 Å². The van der Waals surface area contributed by atoms with E-state index in [1.807, 2.05) is 6.07 Å². The maximum Gasteiger partial charge on any atom is 0.350 e. The van der Waals surface area contributed by atoms with Crippen molar-refractivity contribution < 1.29 is 24.9 Å². The lowest BCUT2D eigenvalue weighted by molar-refractivity contribution is -0.148. The van der Waals surface area contributed by atoms with E-state index in [0.717, 1.165) is 4.57 Å². The van der Waals surface area contributed by atoms with Crippen molar-refractivity contribution in [2.45, 2.75) is 30.2 Å². The molecule has 1 saturated carbocycles. The highest BCUT2D eigenvalue weighted by atomic mass is 16.5. The van der Waals surface area contributed by atoms with E-state index in [1.54, 1.807) is 0 Å². The Morgan fingerprint density at radius 3 is 2.84 bits per heavy atom. The first-order valence-corrected chi connectivity index (χ1v) is 7.43. The number of aromatic nitrogens is 2. The largest absolute Gasteiger partial charge is 0.464 e. The van der Waals surface area contributed by atoms with Gasteiger partial charge in [-0.15, -0.1) is 0 Å². The van der Waals surface area contributed by atoms with Crippen molar-refractivity contribution in [3.05, 3.63) is 22.7 Å². The SMILES string of the molecule is N#C[C@@]1(n2ccc(N)nc2=O)C[C@H](COC(=O)[C@H](N)CO)C(O)C1O. The first kappa shape index (κ1) is 18.8. The molecule has 1 fully saturated rings. The van der Waals surface area contributed by atoms with Crippen LogP contribution in [0.4, 0.5) is 5.82 Å². The molecule has 11 nitrogen and oxygen atoms in total. The number of carbonyl (C=O) groups excluding carboxylic acids is 1. The third-order valence-electron chi connectivity index (χ3n) is 4.26. The van der Waals surface area contributed by atoms with Crippen molar-refractivity contribution in [1.29, 1.82) is 5.26 Å². The summed E-state index contributed by atoms with van der Waals surface area (Å²) in [4.78, 5) is 27.1. The maximum atomic E-state index is 12.0. The number of carbonyl (C=O) groups is 1. The molecule has 11 heteroatoms. The highest BCUT2D eigenvalue weighted by Gasteiger charge is 2.55. The molecule has 7 N–H and O–H groups in total. The molecule has 1 aromatic rings. The summed E-state index contributed by atoms with van der Waals surface area (Å²) in [7, 11) is 0. The lowest BCUT2D eigenvalue weighted by Crippen LogP contribution is -2.48. The van der Waals surface area contributed by atoms with Crippen molar-refractivity contribution in [2.75, 3.05) is 18.9 Å². The molecule has 136 valence electrons. The predicted octanol–water partition coefficient (Wildman–Crippen LogP) is -3.35. The number of hydrogen-bond acceptors (Lipinski definition) is 10. The van der Waals surface area contributed by atoms with Crippen molar-refractivity contribution in [2.24, 2.45) is 11.7 Å². The lowest BCUT2D eigenvalue weighted by atomic mass is 9.95. The number of rotatable bonds is 5. The molecule has 0 aliphatic heterocycles. The Balaban J connectivity index is 2.26.